The number of aromatic nitrogens is 1. The maximum absolute atomic E-state index is 14.1. The highest BCUT2D eigenvalue weighted by atomic mass is 35.5. The van der Waals surface area contributed by atoms with Crippen LogP contribution in [0.3, 0.4) is 0 Å². The fourth-order valence-corrected chi connectivity index (χ4v) is 4.86. The summed E-state index contributed by atoms with van der Waals surface area (Å²) in [6, 6.07) is 9.60. The number of nitrogens with one attached hydrogen (secondary N) is 1. The number of rotatable bonds is 6. The van der Waals surface area contributed by atoms with Crippen LogP contribution in [0.5, 0.6) is 0 Å². The molecule has 3 aromatic rings. The summed E-state index contributed by atoms with van der Waals surface area (Å²) in [5.41, 5.74) is 1.38. The molecule has 0 unspecified atom stereocenters. The Morgan fingerprint density at radius 3 is 2.44 bits per heavy atom. The Hall–Kier alpha value is -3.47. The van der Waals surface area contributed by atoms with Gasteiger partial charge in [0.25, 0.3) is 5.91 Å². The SMILES string of the molecule is C#Cc1ccc(C(=O)CN2CCC(NC(=O)c3cn(C4CC4)c4cc(Cl)c(F)cc4c3=O)CC2)cc1. The van der Waals surface area contributed by atoms with Gasteiger partial charge in [-0.25, -0.2) is 4.39 Å². The average Bonchev–Trinajstić information content (AvgIpc) is 3.72. The van der Waals surface area contributed by atoms with Crippen LogP contribution in [-0.4, -0.2) is 46.8 Å². The number of fused-ring (bicyclic) bond motifs is 1. The minimum atomic E-state index is -0.685. The number of ketones is 1. The summed E-state index contributed by atoms with van der Waals surface area (Å²) in [4.78, 5) is 40.8. The first kappa shape index (κ1) is 24.2. The molecule has 1 saturated carbocycles. The predicted molar refractivity (Wildman–Crippen MR) is 137 cm³/mol. The number of amides is 1. The Balaban J connectivity index is 1.25. The van der Waals surface area contributed by atoms with Crippen molar-refractivity contribution in [2.24, 2.45) is 0 Å². The molecule has 2 aliphatic rings. The van der Waals surface area contributed by atoms with Crippen LogP contribution in [0.25, 0.3) is 10.9 Å². The fourth-order valence-electron chi connectivity index (χ4n) is 4.71. The van der Waals surface area contributed by atoms with Crippen LogP contribution < -0.4 is 10.7 Å². The van der Waals surface area contributed by atoms with Gasteiger partial charge in [0.15, 0.2) is 5.78 Å². The number of hydrogen-bond acceptors (Lipinski definition) is 4. The number of nitrogens with zero attached hydrogens (tertiary/aromatic N) is 2. The number of pyridine rings is 1. The Kier molecular flexibility index (Phi) is 6.65. The summed E-state index contributed by atoms with van der Waals surface area (Å²) in [7, 11) is 0. The van der Waals surface area contributed by atoms with Crippen LogP contribution in [0.2, 0.25) is 5.02 Å². The van der Waals surface area contributed by atoms with Gasteiger partial charge in [0.05, 0.1) is 17.1 Å². The molecule has 184 valence electrons. The Morgan fingerprint density at radius 1 is 1.11 bits per heavy atom. The van der Waals surface area contributed by atoms with Gasteiger partial charge in [0.1, 0.15) is 11.4 Å². The highest BCUT2D eigenvalue weighted by Gasteiger charge is 2.29. The van der Waals surface area contributed by atoms with E-state index in [1.807, 2.05) is 4.57 Å². The number of hydrogen-bond donors (Lipinski definition) is 1. The Bertz CT molecular complexity index is 1450. The quantitative estimate of drug-likeness (QED) is 0.403. The third-order valence-electron chi connectivity index (χ3n) is 6.92. The van der Waals surface area contributed by atoms with E-state index in [1.165, 1.54) is 6.07 Å². The van der Waals surface area contributed by atoms with Crippen LogP contribution in [-0.2, 0) is 0 Å². The van der Waals surface area contributed by atoms with Gasteiger partial charge in [-0.15, -0.1) is 6.42 Å². The lowest BCUT2D eigenvalue weighted by molar-refractivity contribution is 0.0858. The summed E-state index contributed by atoms with van der Waals surface area (Å²) >= 11 is 5.96. The molecule has 1 amide bonds. The molecule has 0 radical (unpaired) electrons. The zero-order valence-corrected chi connectivity index (χ0v) is 20.4. The van der Waals surface area contributed by atoms with Crippen molar-refractivity contribution in [2.45, 2.75) is 37.8 Å². The van der Waals surface area contributed by atoms with Crippen molar-refractivity contribution >= 4 is 34.2 Å². The fraction of sp³-hybridized carbons (Fsp3) is 0.321. The van der Waals surface area contributed by atoms with Gasteiger partial charge in [-0.3, -0.25) is 19.3 Å². The van der Waals surface area contributed by atoms with E-state index in [2.05, 4.69) is 16.1 Å². The number of Topliss-reactive ketones (excluding diaryl/α,β-unsaturated/α-hetero) is 1. The van der Waals surface area contributed by atoms with Gasteiger partial charge in [0, 0.05) is 47.9 Å². The van der Waals surface area contributed by atoms with Crippen molar-refractivity contribution in [2.75, 3.05) is 19.6 Å². The third kappa shape index (κ3) is 4.92. The summed E-state index contributed by atoms with van der Waals surface area (Å²) in [6.07, 6.45) is 10.1. The van der Waals surface area contributed by atoms with Crippen LogP contribution in [0.1, 0.15) is 58.0 Å². The first-order chi connectivity index (χ1) is 17.3. The first-order valence-corrected chi connectivity index (χ1v) is 12.4. The van der Waals surface area contributed by atoms with Gasteiger partial charge in [-0.05, 0) is 49.9 Å². The van der Waals surface area contributed by atoms with Gasteiger partial charge < -0.3 is 9.88 Å². The molecular formula is C28H25ClFN3O3. The second-order valence-electron chi connectivity index (χ2n) is 9.46. The van der Waals surface area contributed by atoms with Gasteiger partial charge >= 0.3 is 0 Å². The van der Waals surface area contributed by atoms with Crippen LogP contribution in [0.4, 0.5) is 4.39 Å². The van der Waals surface area contributed by atoms with Gasteiger partial charge in [-0.1, -0.05) is 29.7 Å². The molecule has 6 nitrogen and oxygen atoms in total. The largest absolute Gasteiger partial charge is 0.349 e. The van der Waals surface area contributed by atoms with E-state index in [1.54, 1.807) is 30.5 Å². The normalized spacial score (nSPS) is 16.6. The topological polar surface area (TPSA) is 71.4 Å². The summed E-state index contributed by atoms with van der Waals surface area (Å²) in [5.74, 6) is 1.41. The summed E-state index contributed by atoms with van der Waals surface area (Å²) in [6.45, 7) is 1.58. The molecule has 1 saturated heterocycles. The minimum absolute atomic E-state index is 0.00384. The van der Waals surface area contributed by atoms with Crippen LogP contribution >= 0.6 is 11.6 Å². The van der Waals surface area contributed by atoms with Crippen molar-refractivity contribution in [3.05, 3.63) is 80.3 Å². The lowest BCUT2D eigenvalue weighted by Gasteiger charge is -2.31. The molecule has 8 heteroatoms. The van der Waals surface area contributed by atoms with E-state index >= 15 is 0 Å². The van der Waals surface area contributed by atoms with E-state index < -0.39 is 17.2 Å². The van der Waals surface area contributed by atoms with Crippen molar-refractivity contribution in [1.82, 2.24) is 14.8 Å². The molecule has 36 heavy (non-hydrogen) atoms. The van der Waals surface area contributed by atoms with Crippen molar-refractivity contribution < 1.29 is 14.0 Å². The minimum Gasteiger partial charge on any atom is -0.349 e. The number of carbonyl (C=O) groups is 2. The molecule has 1 N–H and O–H groups in total. The molecule has 1 aliphatic carbocycles. The first-order valence-electron chi connectivity index (χ1n) is 12.0. The zero-order chi connectivity index (χ0) is 25.4. The number of likely N-dealkylation sites (tertiary alicyclic amines) is 1. The number of piperidine rings is 1. The molecule has 0 spiro atoms. The zero-order valence-electron chi connectivity index (χ0n) is 19.6. The number of terminal acetylenes is 1. The second-order valence-corrected chi connectivity index (χ2v) is 9.87. The number of carbonyl (C=O) groups excluding carboxylic acids is 2. The van der Waals surface area contributed by atoms with E-state index in [0.29, 0.717) is 43.6 Å². The van der Waals surface area contributed by atoms with Crippen molar-refractivity contribution in [1.29, 1.82) is 0 Å². The molecule has 1 aromatic heterocycles. The highest BCUT2D eigenvalue weighted by Crippen LogP contribution is 2.37. The molecular weight excluding hydrogens is 481 g/mol. The second kappa shape index (κ2) is 9.88. The maximum atomic E-state index is 14.1. The van der Waals surface area contributed by atoms with Crippen molar-refractivity contribution in [3.8, 4) is 12.3 Å². The average molecular weight is 506 g/mol. The Labute approximate surface area is 213 Å². The van der Waals surface area contributed by atoms with E-state index in [9.17, 15) is 18.8 Å². The predicted octanol–water partition coefficient (Wildman–Crippen LogP) is 4.19. The van der Waals surface area contributed by atoms with E-state index in [-0.39, 0.29) is 33.8 Å². The molecule has 1 aliphatic heterocycles. The summed E-state index contributed by atoms with van der Waals surface area (Å²) < 4.78 is 16.0. The smallest absolute Gasteiger partial charge is 0.256 e. The van der Waals surface area contributed by atoms with E-state index in [0.717, 1.165) is 24.5 Å². The Morgan fingerprint density at radius 2 is 1.81 bits per heavy atom. The molecule has 2 fully saturated rings. The van der Waals surface area contributed by atoms with Crippen LogP contribution in [0.15, 0.2) is 47.4 Å². The van der Waals surface area contributed by atoms with Crippen molar-refractivity contribution in [3.63, 3.8) is 0 Å². The number of benzene rings is 2. The van der Waals surface area contributed by atoms with E-state index in [4.69, 9.17) is 18.0 Å². The molecule has 2 heterocycles. The molecule has 0 atom stereocenters. The standard InChI is InChI=1S/C28H25ClFN3O3/c1-2-17-3-5-18(6-4-17)26(34)16-32-11-9-19(10-12-32)31-28(36)22-15-33(20-7-8-20)25-14-23(29)24(30)13-21(25)27(22)35/h1,3-6,13-15,19-20H,7-12,16H2,(H,31,36). The van der Waals surface area contributed by atoms with Crippen LogP contribution in [0, 0.1) is 18.2 Å². The third-order valence-corrected chi connectivity index (χ3v) is 7.21. The number of halogens is 2. The summed E-state index contributed by atoms with van der Waals surface area (Å²) in [5, 5.41) is 3.07. The van der Waals surface area contributed by atoms with Gasteiger partial charge in [0.2, 0.25) is 5.43 Å². The van der Waals surface area contributed by atoms with Gasteiger partial charge in [-0.2, -0.15) is 0 Å². The highest BCUT2D eigenvalue weighted by molar-refractivity contribution is 6.31. The monoisotopic (exact) mass is 505 g/mol. The lowest BCUT2D eigenvalue weighted by Crippen LogP contribution is -2.46. The molecule has 2 aromatic carbocycles. The lowest BCUT2D eigenvalue weighted by atomic mass is 10.0. The molecule has 0 bridgehead atoms. The maximum Gasteiger partial charge on any atom is 0.256 e. The molecule has 5 rings (SSSR count).